The number of nitrogens with zero attached hydrogens (tertiary/aromatic N) is 4. The van der Waals surface area contributed by atoms with E-state index in [1.54, 1.807) is 32.0 Å². The van der Waals surface area contributed by atoms with Crippen LogP contribution in [0.4, 0.5) is 5.82 Å². The van der Waals surface area contributed by atoms with Gasteiger partial charge in [-0.2, -0.15) is 12.5 Å². The van der Waals surface area contributed by atoms with Crippen LogP contribution in [0.25, 0.3) is 10.9 Å². The molecular weight excluding hydrogens is 472 g/mol. The molecule has 1 aromatic carbocycles. The van der Waals surface area contributed by atoms with Crippen LogP contribution in [0.2, 0.25) is 5.02 Å². The molecule has 8 nitrogen and oxygen atoms in total. The smallest absolute Gasteiger partial charge is 0.285 e. The topological polar surface area (TPSA) is 94.3 Å². The molecule has 0 unspecified atom stereocenters. The van der Waals surface area contributed by atoms with Crippen molar-refractivity contribution in [3.05, 3.63) is 41.7 Å². The van der Waals surface area contributed by atoms with Gasteiger partial charge in [0, 0.05) is 25.5 Å². The van der Waals surface area contributed by atoms with Gasteiger partial charge < -0.3 is 4.90 Å². The van der Waals surface area contributed by atoms with Gasteiger partial charge in [0.2, 0.25) is 10.0 Å². The highest BCUT2D eigenvalue weighted by atomic mass is 35.5. The van der Waals surface area contributed by atoms with Crippen LogP contribution in [0.5, 0.6) is 0 Å². The fourth-order valence-corrected chi connectivity index (χ4v) is 7.05. The third kappa shape index (κ3) is 3.34. The first kappa shape index (κ1) is 21.8. The molecule has 0 amide bonds. The van der Waals surface area contributed by atoms with Crippen molar-refractivity contribution >= 4 is 48.4 Å². The van der Waals surface area contributed by atoms with Crippen LogP contribution < -0.4 is 4.90 Å². The molecule has 172 valence electrons. The molecule has 1 spiro atoms. The Morgan fingerprint density at radius 2 is 1.84 bits per heavy atom. The van der Waals surface area contributed by atoms with Gasteiger partial charge in [0.05, 0.1) is 21.2 Å². The van der Waals surface area contributed by atoms with E-state index < -0.39 is 25.3 Å². The molecule has 2 aromatic heterocycles. The van der Waals surface area contributed by atoms with E-state index in [4.69, 9.17) is 11.6 Å². The fourth-order valence-electron chi connectivity index (χ4n) is 4.47. The molecule has 32 heavy (non-hydrogen) atoms. The second kappa shape index (κ2) is 7.23. The Morgan fingerprint density at radius 3 is 2.53 bits per heavy atom. The van der Waals surface area contributed by atoms with E-state index in [0.717, 1.165) is 33.8 Å². The van der Waals surface area contributed by atoms with Gasteiger partial charge in [-0.3, -0.25) is 3.97 Å². The SMILES string of the molecule is CC(C)S(=O)(=O)n1ccc(S(=O)(=O)n2nc(N3CCCC4(CC4)C3)c3c(Cl)cccc32)c1. The summed E-state index contributed by atoms with van der Waals surface area (Å²) < 4.78 is 53.9. The maximum Gasteiger partial charge on any atom is 0.285 e. The number of rotatable bonds is 5. The molecule has 3 aromatic rings. The molecule has 1 saturated carbocycles. The number of piperidine rings is 1. The van der Waals surface area contributed by atoms with Crippen molar-refractivity contribution in [2.45, 2.75) is 49.7 Å². The van der Waals surface area contributed by atoms with E-state index in [1.807, 2.05) is 0 Å². The maximum atomic E-state index is 13.5. The molecule has 0 N–H and O–H groups in total. The highest BCUT2D eigenvalue weighted by Crippen LogP contribution is 2.53. The van der Waals surface area contributed by atoms with Crippen LogP contribution in [0, 0.1) is 5.41 Å². The van der Waals surface area contributed by atoms with Crippen LogP contribution in [0.15, 0.2) is 41.6 Å². The van der Waals surface area contributed by atoms with Crippen molar-refractivity contribution in [3.63, 3.8) is 0 Å². The van der Waals surface area contributed by atoms with Crippen molar-refractivity contribution in [2.24, 2.45) is 5.41 Å². The molecule has 11 heteroatoms. The van der Waals surface area contributed by atoms with E-state index in [1.165, 1.54) is 31.5 Å². The summed E-state index contributed by atoms with van der Waals surface area (Å²) in [5.41, 5.74) is 0.694. The van der Waals surface area contributed by atoms with Crippen molar-refractivity contribution in [1.82, 2.24) is 13.2 Å². The fraction of sp³-hybridized carbons (Fsp3) is 0.476. The summed E-state index contributed by atoms with van der Waals surface area (Å²) in [4.78, 5) is 2.00. The Hall–Kier alpha value is -2.04. The summed E-state index contributed by atoms with van der Waals surface area (Å²) in [6, 6.07) is 6.38. The third-order valence-electron chi connectivity index (χ3n) is 6.58. The number of anilines is 1. The Morgan fingerprint density at radius 1 is 1.09 bits per heavy atom. The Balaban J connectivity index is 1.63. The number of aromatic nitrogens is 3. The highest BCUT2D eigenvalue weighted by Gasteiger charge is 2.46. The summed E-state index contributed by atoms with van der Waals surface area (Å²) in [6.07, 6.45) is 6.97. The van der Waals surface area contributed by atoms with Gasteiger partial charge >= 0.3 is 0 Å². The first-order valence-corrected chi connectivity index (χ1v) is 14.0. The zero-order valence-corrected chi connectivity index (χ0v) is 20.3. The summed E-state index contributed by atoms with van der Waals surface area (Å²) in [5.74, 6) is 0.564. The lowest BCUT2D eigenvalue weighted by Gasteiger charge is -2.33. The van der Waals surface area contributed by atoms with Crippen LogP contribution in [-0.4, -0.2) is 48.3 Å². The molecule has 2 fully saturated rings. The van der Waals surface area contributed by atoms with Gasteiger partial charge in [-0.1, -0.05) is 17.7 Å². The van der Waals surface area contributed by atoms with Crippen LogP contribution in [0.1, 0.15) is 39.5 Å². The molecule has 0 radical (unpaired) electrons. The van der Waals surface area contributed by atoms with Gasteiger partial charge in [-0.05, 0) is 63.1 Å². The zero-order chi connectivity index (χ0) is 22.9. The minimum Gasteiger partial charge on any atom is -0.354 e. The standard InChI is InChI=1S/C21H25ClN4O4S2/c1-15(2)31(27,28)25-12-7-16(13-25)32(29,30)26-18-6-3-5-17(22)19(18)20(23-26)24-11-4-8-21(14-24)9-10-21/h3,5-7,12-13,15H,4,8-11,14H2,1-2H3. The Kier molecular flexibility index (Phi) is 4.92. The molecular formula is C21H25ClN4O4S2. The van der Waals surface area contributed by atoms with Crippen molar-refractivity contribution < 1.29 is 16.8 Å². The van der Waals surface area contributed by atoms with Gasteiger partial charge in [0.1, 0.15) is 4.90 Å². The molecule has 1 aliphatic heterocycles. The summed E-state index contributed by atoms with van der Waals surface area (Å²) in [5, 5.41) is 4.89. The Labute approximate surface area is 192 Å². The quantitative estimate of drug-likeness (QED) is 0.534. The van der Waals surface area contributed by atoms with Crippen molar-refractivity contribution in [2.75, 3.05) is 18.0 Å². The molecule has 2 aliphatic rings. The van der Waals surface area contributed by atoms with Crippen molar-refractivity contribution in [3.8, 4) is 0 Å². The average molecular weight is 497 g/mol. The number of hydrogen-bond acceptors (Lipinski definition) is 6. The molecule has 0 atom stereocenters. The van der Waals surface area contributed by atoms with E-state index >= 15 is 0 Å². The lowest BCUT2D eigenvalue weighted by atomic mass is 9.95. The largest absolute Gasteiger partial charge is 0.354 e. The summed E-state index contributed by atoms with van der Waals surface area (Å²) >= 11 is 6.52. The summed E-state index contributed by atoms with van der Waals surface area (Å²) in [6.45, 7) is 4.73. The van der Waals surface area contributed by atoms with Crippen LogP contribution in [0.3, 0.4) is 0 Å². The van der Waals surface area contributed by atoms with Gasteiger partial charge in [-0.25, -0.2) is 8.42 Å². The maximum absolute atomic E-state index is 13.5. The van der Waals surface area contributed by atoms with Gasteiger partial charge in [0.15, 0.2) is 5.82 Å². The van der Waals surface area contributed by atoms with Gasteiger partial charge in [0.25, 0.3) is 10.0 Å². The van der Waals surface area contributed by atoms with E-state index in [9.17, 15) is 16.8 Å². The van der Waals surface area contributed by atoms with E-state index in [2.05, 4.69) is 10.00 Å². The molecule has 3 heterocycles. The first-order valence-electron chi connectivity index (χ1n) is 10.7. The normalized spacial score (nSPS) is 18.7. The lowest BCUT2D eigenvalue weighted by Crippen LogP contribution is -2.37. The molecule has 1 aliphatic carbocycles. The monoisotopic (exact) mass is 496 g/mol. The average Bonchev–Trinajstić information content (AvgIpc) is 3.18. The third-order valence-corrected chi connectivity index (χ3v) is 10.5. The molecule has 0 bridgehead atoms. The van der Waals surface area contributed by atoms with E-state index in [0.29, 0.717) is 27.2 Å². The molecule has 5 rings (SSSR count). The second-order valence-electron chi connectivity index (χ2n) is 9.10. The van der Waals surface area contributed by atoms with Gasteiger partial charge in [-0.15, -0.1) is 5.10 Å². The number of fused-ring (bicyclic) bond motifs is 1. The lowest BCUT2D eigenvalue weighted by molar-refractivity contribution is 0.394. The predicted molar refractivity (Wildman–Crippen MR) is 124 cm³/mol. The number of hydrogen-bond donors (Lipinski definition) is 0. The van der Waals surface area contributed by atoms with E-state index in [-0.39, 0.29) is 4.90 Å². The first-order chi connectivity index (χ1) is 15.1. The summed E-state index contributed by atoms with van der Waals surface area (Å²) in [7, 11) is -7.82. The Bertz CT molecular complexity index is 1420. The minimum atomic E-state index is -4.14. The number of benzene rings is 1. The number of halogens is 1. The van der Waals surface area contributed by atoms with Crippen LogP contribution >= 0.6 is 11.6 Å². The van der Waals surface area contributed by atoms with Crippen LogP contribution in [-0.2, 0) is 20.0 Å². The van der Waals surface area contributed by atoms with Crippen molar-refractivity contribution in [1.29, 1.82) is 0 Å². The highest BCUT2D eigenvalue weighted by molar-refractivity contribution is 7.91. The molecule has 1 saturated heterocycles. The minimum absolute atomic E-state index is 0.144. The predicted octanol–water partition coefficient (Wildman–Crippen LogP) is 3.69. The second-order valence-corrected chi connectivity index (χ2v) is 13.7. The zero-order valence-electron chi connectivity index (χ0n) is 17.9.